The van der Waals surface area contributed by atoms with Crippen LogP contribution in [0.3, 0.4) is 0 Å². The third kappa shape index (κ3) is 3.76. The lowest BCUT2D eigenvalue weighted by Gasteiger charge is -2.30. The quantitative estimate of drug-likeness (QED) is 0.865. The second-order valence-corrected chi connectivity index (χ2v) is 6.69. The standard InChI is InChI=1S/C14H22N2O2S/c1-8-4-9(2)6-11(5-8)18-14(17)12-7-19-13(16-12)10(3)15/h7-11H,4-6,15H2,1-3H3. The van der Waals surface area contributed by atoms with Crippen molar-refractivity contribution in [1.82, 2.24) is 4.98 Å². The number of hydrogen-bond donors (Lipinski definition) is 1. The molecule has 0 aliphatic heterocycles. The Morgan fingerprint density at radius 1 is 1.42 bits per heavy atom. The van der Waals surface area contributed by atoms with Crippen LogP contribution in [0.5, 0.6) is 0 Å². The SMILES string of the molecule is CC1CC(C)CC(OC(=O)c2csc(C(C)N)n2)C1. The van der Waals surface area contributed by atoms with Gasteiger partial charge < -0.3 is 10.5 Å². The van der Waals surface area contributed by atoms with Gasteiger partial charge in [-0.2, -0.15) is 0 Å². The first-order valence-electron chi connectivity index (χ1n) is 6.87. The number of ether oxygens (including phenoxy) is 1. The molecule has 0 radical (unpaired) electrons. The van der Waals surface area contributed by atoms with Crippen LogP contribution in [0.2, 0.25) is 0 Å². The lowest BCUT2D eigenvalue weighted by Crippen LogP contribution is -2.28. The molecule has 2 N–H and O–H groups in total. The van der Waals surface area contributed by atoms with Gasteiger partial charge in [0.15, 0.2) is 5.69 Å². The van der Waals surface area contributed by atoms with Gasteiger partial charge in [-0.1, -0.05) is 13.8 Å². The van der Waals surface area contributed by atoms with E-state index in [-0.39, 0.29) is 18.1 Å². The predicted molar refractivity (Wildman–Crippen MR) is 76.1 cm³/mol. The van der Waals surface area contributed by atoms with Crippen LogP contribution in [-0.4, -0.2) is 17.1 Å². The van der Waals surface area contributed by atoms with Crippen molar-refractivity contribution in [3.8, 4) is 0 Å². The van der Waals surface area contributed by atoms with Crippen molar-refractivity contribution >= 4 is 17.3 Å². The molecule has 106 valence electrons. The fourth-order valence-electron chi connectivity index (χ4n) is 2.77. The largest absolute Gasteiger partial charge is 0.458 e. The van der Waals surface area contributed by atoms with Crippen molar-refractivity contribution in [3.63, 3.8) is 0 Å². The van der Waals surface area contributed by atoms with E-state index in [1.165, 1.54) is 17.8 Å². The Hall–Kier alpha value is -0.940. The van der Waals surface area contributed by atoms with E-state index in [1.54, 1.807) is 5.38 Å². The number of nitrogens with two attached hydrogens (primary N) is 1. The first kappa shape index (κ1) is 14.5. The van der Waals surface area contributed by atoms with Crippen LogP contribution in [0.4, 0.5) is 0 Å². The number of esters is 1. The van der Waals surface area contributed by atoms with Gasteiger partial charge in [-0.3, -0.25) is 0 Å². The summed E-state index contributed by atoms with van der Waals surface area (Å²) >= 11 is 1.41. The van der Waals surface area contributed by atoms with E-state index in [0.29, 0.717) is 17.5 Å². The normalized spacial score (nSPS) is 28.9. The van der Waals surface area contributed by atoms with Gasteiger partial charge in [0.25, 0.3) is 0 Å². The fraction of sp³-hybridized carbons (Fsp3) is 0.714. The molecule has 1 aliphatic rings. The van der Waals surface area contributed by atoms with Crippen molar-refractivity contribution in [2.45, 2.75) is 52.2 Å². The van der Waals surface area contributed by atoms with Gasteiger partial charge in [0, 0.05) is 5.38 Å². The molecule has 2 rings (SSSR count). The molecular formula is C14H22N2O2S. The van der Waals surface area contributed by atoms with E-state index in [0.717, 1.165) is 17.8 Å². The Labute approximate surface area is 118 Å². The zero-order chi connectivity index (χ0) is 14.0. The first-order valence-corrected chi connectivity index (χ1v) is 7.75. The molecule has 0 saturated heterocycles. The molecule has 0 aromatic carbocycles. The monoisotopic (exact) mass is 282 g/mol. The number of carbonyl (C=O) groups excluding carboxylic acids is 1. The summed E-state index contributed by atoms with van der Waals surface area (Å²) in [5.74, 6) is 0.933. The van der Waals surface area contributed by atoms with Gasteiger partial charge in [0.1, 0.15) is 11.1 Å². The molecular weight excluding hydrogens is 260 g/mol. The topological polar surface area (TPSA) is 65.2 Å². The van der Waals surface area contributed by atoms with Crippen LogP contribution in [0.15, 0.2) is 5.38 Å². The molecule has 0 spiro atoms. The zero-order valence-corrected chi connectivity index (χ0v) is 12.6. The lowest BCUT2D eigenvalue weighted by atomic mass is 9.82. The molecule has 5 heteroatoms. The summed E-state index contributed by atoms with van der Waals surface area (Å²) in [7, 11) is 0. The van der Waals surface area contributed by atoms with Crippen LogP contribution in [0, 0.1) is 11.8 Å². The number of aromatic nitrogens is 1. The number of nitrogens with zero attached hydrogens (tertiary/aromatic N) is 1. The lowest BCUT2D eigenvalue weighted by molar-refractivity contribution is 0.00751. The highest BCUT2D eigenvalue weighted by atomic mass is 32.1. The number of thiazole rings is 1. The Morgan fingerprint density at radius 3 is 2.58 bits per heavy atom. The van der Waals surface area contributed by atoms with Gasteiger partial charge in [-0.25, -0.2) is 9.78 Å². The van der Waals surface area contributed by atoms with Crippen LogP contribution in [0.25, 0.3) is 0 Å². The molecule has 1 aliphatic carbocycles. The number of carbonyl (C=O) groups is 1. The molecule has 1 aromatic heterocycles. The third-order valence-corrected chi connectivity index (χ3v) is 4.58. The maximum Gasteiger partial charge on any atom is 0.358 e. The van der Waals surface area contributed by atoms with E-state index in [4.69, 9.17) is 10.5 Å². The first-order chi connectivity index (χ1) is 8.95. The van der Waals surface area contributed by atoms with Crippen LogP contribution in [-0.2, 0) is 4.74 Å². The molecule has 0 bridgehead atoms. The van der Waals surface area contributed by atoms with Gasteiger partial charge in [-0.15, -0.1) is 11.3 Å². The van der Waals surface area contributed by atoms with Crippen molar-refractivity contribution in [1.29, 1.82) is 0 Å². The molecule has 0 amide bonds. The second-order valence-electron chi connectivity index (χ2n) is 5.80. The number of rotatable bonds is 3. The second kappa shape index (κ2) is 6.01. The van der Waals surface area contributed by atoms with E-state index >= 15 is 0 Å². The van der Waals surface area contributed by atoms with Crippen LogP contribution in [0.1, 0.15) is 61.6 Å². The summed E-state index contributed by atoms with van der Waals surface area (Å²) in [5.41, 5.74) is 6.14. The molecule has 1 heterocycles. The van der Waals surface area contributed by atoms with Gasteiger partial charge >= 0.3 is 5.97 Å². The highest BCUT2D eigenvalue weighted by Gasteiger charge is 2.27. The fourth-order valence-corrected chi connectivity index (χ4v) is 3.52. The van der Waals surface area contributed by atoms with Gasteiger partial charge in [0.05, 0.1) is 6.04 Å². The highest BCUT2D eigenvalue weighted by Crippen LogP contribution is 2.30. The minimum absolute atomic E-state index is 0.0340. The summed E-state index contributed by atoms with van der Waals surface area (Å²) in [4.78, 5) is 16.3. The van der Waals surface area contributed by atoms with Crippen molar-refractivity contribution < 1.29 is 9.53 Å². The Morgan fingerprint density at radius 2 is 2.05 bits per heavy atom. The average molecular weight is 282 g/mol. The highest BCUT2D eigenvalue weighted by molar-refractivity contribution is 7.09. The Bertz CT molecular complexity index is 434. The smallest absolute Gasteiger partial charge is 0.358 e. The third-order valence-electron chi connectivity index (χ3n) is 3.53. The van der Waals surface area contributed by atoms with E-state index in [9.17, 15) is 4.79 Å². The Kier molecular flexibility index (Phi) is 4.58. The molecule has 1 saturated carbocycles. The zero-order valence-electron chi connectivity index (χ0n) is 11.8. The van der Waals surface area contributed by atoms with Crippen molar-refractivity contribution in [3.05, 3.63) is 16.1 Å². The summed E-state index contributed by atoms with van der Waals surface area (Å²) in [6.07, 6.45) is 3.17. The van der Waals surface area contributed by atoms with Gasteiger partial charge in [-0.05, 0) is 38.0 Å². The predicted octanol–water partition coefficient (Wildman–Crippen LogP) is 3.14. The van der Waals surface area contributed by atoms with E-state index in [1.807, 2.05) is 6.92 Å². The van der Waals surface area contributed by atoms with E-state index in [2.05, 4.69) is 18.8 Å². The van der Waals surface area contributed by atoms with Crippen LogP contribution < -0.4 is 5.73 Å². The molecule has 19 heavy (non-hydrogen) atoms. The summed E-state index contributed by atoms with van der Waals surface area (Å²) < 4.78 is 5.58. The summed E-state index contributed by atoms with van der Waals surface area (Å²) in [5, 5.41) is 2.51. The molecule has 3 atom stereocenters. The van der Waals surface area contributed by atoms with Crippen molar-refractivity contribution in [2.24, 2.45) is 17.6 Å². The Balaban J connectivity index is 1.96. The maximum atomic E-state index is 12.0. The average Bonchev–Trinajstić information content (AvgIpc) is 2.76. The molecule has 3 unspecified atom stereocenters. The summed E-state index contributed by atoms with van der Waals surface area (Å²) in [6, 6.07) is -0.138. The molecule has 1 fully saturated rings. The van der Waals surface area contributed by atoms with Crippen LogP contribution >= 0.6 is 11.3 Å². The van der Waals surface area contributed by atoms with Crippen molar-refractivity contribution in [2.75, 3.05) is 0 Å². The summed E-state index contributed by atoms with van der Waals surface area (Å²) in [6.45, 7) is 6.29. The minimum atomic E-state index is -0.311. The maximum absolute atomic E-state index is 12.0. The molecule has 4 nitrogen and oxygen atoms in total. The molecule has 1 aromatic rings. The minimum Gasteiger partial charge on any atom is -0.458 e. The van der Waals surface area contributed by atoms with E-state index < -0.39 is 0 Å². The van der Waals surface area contributed by atoms with Gasteiger partial charge in [0.2, 0.25) is 0 Å². The number of hydrogen-bond acceptors (Lipinski definition) is 5.